The predicted molar refractivity (Wildman–Crippen MR) is 88.1 cm³/mol. The topological polar surface area (TPSA) is 44.0 Å². The molecule has 2 aromatic heterocycles. The van der Waals surface area contributed by atoms with Crippen LogP contribution in [0.4, 0.5) is 0 Å². The van der Waals surface area contributed by atoms with Crippen LogP contribution in [-0.4, -0.2) is 26.5 Å². The fourth-order valence-electron chi connectivity index (χ4n) is 3.14. The van der Waals surface area contributed by atoms with Crippen molar-refractivity contribution in [2.24, 2.45) is 0 Å². The Morgan fingerprint density at radius 1 is 1.33 bits per heavy atom. The first-order valence-electron chi connectivity index (χ1n) is 7.26. The summed E-state index contributed by atoms with van der Waals surface area (Å²) in [7, 11) is 0. The van der Waals surface area contributed by atoms with Gasteiger partial charge in [-0.1, -0.05) is 6.07 Å². The average molecular weight is 300 g/mol. The zero-order valence-corrected chi connectivity index (χ0v) is 13.4. The van der Waals surface area contributed by atoms with Crippen molar-refractivity contribution >= 4 is 17.3 Å². The molecule has 4 nitrogen and oxygen atoms in total. The highest BCUT2D eigenvalue weighted by Gasteiger charge is 2.39. The number of aromatic nitrogens is 2. The summed E-state index contributed by atoms with van der Waals surface area (Å²) in [5.41, 5.74) is 4.69. The van der Waals surface area contributed by atoms with Crippen molar-refractivity contribution in [1.82, 2.24) is 20.2 Å². The highest BCUT2D eigenvalue weighted by molar-refractivity contribution is 7.80. The summed E-state index contributed by atoms with van der Waals surface area (Å²) in [5, 5.41) is 4.24. The van der Waals surface area contributed by atoms with Gasteiger partial charge in [0.25, 0.3) is 0 Å². The molecule has 3 heterocycles. The highest BCUT2D eigenvalue weighted by atomic mass is 32.1. The minimum Gasteiger partial charge on any atom is -0.362 e. The summed E-state index contributed by atoms with van der Waals surface area (Å²) in [6.45, 7) is 7.22. The van der Waals surface area contributed by atoms with Gasteiger partial charge >= 0.3 is 0 Å². The van der Waals surface area contributed by atoms with Gasteiger partial charge in [0.15, 0.2) is 5.11 Å². The third-order valence-electron chi connectivity index (χ3n) is 4.05. The lowest BCUT2D eigenvalue weighted by Gasteiger charge is -2.26. The molecule has 0 spiro atoms. The van der Waals surface area contributed by atoms with Crippen molar-refractivity contribution < 1.29 is 0 Å². The van der Waals surface area contributed by atoms with Crippen molar-refractivity contribution in [1.29, 1.82) is 0 Å². The van der Waals surface area contributed by atoms with Crippen LogP contribution in [0.5, 0.6) is 0 Å². The summed E-state index contributed by atoms with van der Waals surface area (Å²) in [4.78, 5) is 10.2. The lowest BCUT2D eigenvalue weighted by atomic mass is 9.97. The van der Waals surface area contributed by atoms with Gasteiger partial charge in [-0.25, -0.2) is 0 Å². The fraction of sp³-hybridized carbons (Fsp3) is 0.375. The van der Waals surface area contributed by atoms with Crippen LogP contribution in [0.2, 0.25) is 0 Å². The Balaban J connectivity index is 2.07. The van der Waals surface area contributed by atoms with Gasteiger partial charge in [-0.05, 0) is 56.8 Å². The van der Waals surface area contributed by atoms with E-state index < -0.39 is 0 Å². The van der Waals surface area contributed by atoms with E-state index >= 15 is 0 Å². The number of likely N-dealkylation sites (N-methyl/N-ethyl adjacent to an activating group) is 1. The molecule has 0 radical (unpaired) electrons. The summed E-state index contributed by atoms with van der Waals surface area (Å²) in [5.74, 6) is 0. The molecule has 0 aromatic carbocycles. The standard InChI is InChI=1S/C16H20N4S/c1-4-20-15(12-9-10(2)18-11(12)3)14(19-16(20)21)13-7-5-6-8-17-13/h5-9,14-15,18H,4H2,1-3H3,(H,19,21). The number of aryl methyl sites for hydroxylation is 2. The van der Waals surface area contributed by atoms with Crippen molar-refractivity contribution in [3.05, 3.63) is 53.1 Å². The third-order valence-corrected chi connectivity index (χ3v) is 4.40. The maximum absolute atomic E-state index is 5.52. The molecular formula is C16H20N4S. The summed E-state index contributed by atoms with van der Waals surface area (Å²) in [6, 6.07) is 8.51. The largest absolute Gasteiger partial charge is 0.362 e. The van der Waals surface area contributed by atoms with Crippen molar-refractivity contribution in [3.8, 4) is 0 Å². The Labute approximate surface area is 130 Å². The maximum atomic E-state index is 5.52. The Hall–Kier alpha value is -1.88. The molecule has 2 atom stereocenters. The second kappa shape index (κ2) is 5.48. The number of aromatic amines is 1. The summed E-state index contributed by atoms with van der Waals surface area (Å²) in [6.07, 6.45) is 1.83. The van der Waals surface area contributed by atoms with Crippen molar-refractivity contribution in [2.75, 3.05) is 6.54 Å². The minimum absolute atomic E-state index is 0.0903. The van der Waals surface area contributed by atoms with E-state index in [-0.39, 0.29) is 12.1 Å². The molecule has 110 valence electrons. The van der Waals surface area contributed by atoms with E-state index in [1.54, 1.807) is 0 Å². The Morgan fingerprint density at radius 3 is 2.71 bits per heavy atom. The quantitative estimate of drug-likeness (QED) is 0.855. The number of H-pyrrole nitrogens is 1. The Morgan fingerprint density at radius 2 is 2.14 bits per heavy atom. The number of hydrogen-bond acceptors (Lipinski definition) is 2. The molecule has 0 saturated carbocycles. The van der Waals surface area contributed by atoms with Crippen LogP contribution in [0.15, 0.2) is 30.5 Å². The van der Waals surface area contributed by atoms with Crippen molar-refractivity contribution in [3.63, 3.8) is 0 Å². The van der Waals surface area contributed by atoms with E-state index in [0.29, 0.717) is 0 Å². The van der Waals surface area contributed by atoms with Crippen molar-refractivity contribution in [2.45, 2.75) is 32.9 Å². The summed E-state index contributed by atoms with van der Waals surface area (Å²) >= 11 is 5.52. The maximum Gasteiger partial charge on any atom is 0.170 e. The number of nitrogens with one attached hydrogen (secondary N) is 2. The molecule has 1 fully saturated rings. The Bertz CT molecular complexity index is 650. The lowest BCUT2D eigenvalue weighted by Crippen LogP contribution is -2.29. The zero-order valence-electron chi connectivity index (χ0n) is 12.6. The SMILES string of the molecule is CCN1C(=S)NC(c2ccccn2)C1c1cc(C)[nH]c1C. The van der Waals surface area contributed by atoms with E-state index in [1.807, 2.05) is 18.3 Å². The number of nitrogens with zero attached hydrogens (tertiary/aromatic N) is 2. The predicted octanol–water partition coefficient (Wildman–Crippen LogP) is 3.02. The molecular weight excluding hydrogens is 280 g/mol. The number of hydrogen-bond donors (Lipinski definition) is 2. The number of thiocarbonyl (C=S) groups is 1. The first kappa shape index (κ1) is 14.1. The first-order valence-corrected chi connectivity index (χ1v) is 7.66. The molecule has 1 aliphatic rings. The van der Waals surface area contributed by atoms with E-state index in [1.165, 1.54) is 17.0 Å². The van der Waals surface area contributed by atoms with Gasteiger partial charge in [-0.3, -0.25) is 4.98 Å². The molecule has 2 N–H and O–H groups in total. The molecule has 3 rings (SSSR count). The van der Waals surface area contributed by atoms with Gasteiger partial charge in [-0.15, -0.1) is 0 Å². The molecule has 2 aromatic rings. The number of pyridine rings is 1. The molecule has 0 bridgehead atoms. The first-order chi connectivity index (χ1) is 10.1. The van der Waals surface area contributed by atoms with E-state index in [2.05, 4.69) is 53.1 Å². The van der Waals surface area contributed by atoms with Crippen LogP contribution in [0.25, 0.3) is 0 Å². The second-order valence-electron chi connectivity index (χ2n) is 5.45. The van der Waals surface area contributed by atoms with Crippen LogP contribution in [0.3, 0.4) is 0 Å². The normalized spacial score (nSPS) is 21.7. The van der Waals surface area contributed by atoms with Crippen LogP contribution in [0, 0.1) is 13.8 Å². The van der Waals surface area contributed by atoms with Crippen LogP contribution in [0.1, 0.15) is 41.7 Å². The molecule has 0 amide bonds. The molecule has 5 heteroatoms. The highest BCUT2D eigenvalue weighted by Crippen LogP contribution is 2.39. The van der Waals surface area contributed by atoms with Gasteiger partial charge < -0.3 is 15.2 Å². The van der Waals surface area contributed by atoms with E-state index in [0.717, 1.165) is 17.4 Å². The summed E-state index contributed by atoms with van der Waals surface area (Å²) < 4.78 is 0. The average Bonchev–Trinajstić information content (AvgIpc) is 2.98. The molecule has 0 aliphatic carbocycles. The fourth-order valence-corrected chi connectivity index (χ4v) is 3.51. The third kappa shape index (κ3) is 2.42. The zero-order chi connectivity index (χ0) is 15.0. The van der Waals surface area contributed by atoms with Crippen LogP contribution >= 0.6 is 12.2 Å². The van der Waals surface area contributed by atoms with Gasteiger partial charge in [0.1, 0.15) is 0 Å². The minimum atomic E-state index is 0.0903. The van der Waals surface area contributed by atoms with E-state index in [9.17, 15) is 0 Å². The van der Waals surface area contributed by atoms with Gasteiger partial charge in [0.05, 0.1) is 17.8 Å². The molecule has 21 heavy (non-hydrogen) atoms. The van der Waals surface area contributed by atoms with Crippen LogP contribution < -0.4 is 5.32 Å². The van der Waals surface area contributed by atoms with Crippen LogP contribution in [-0.2, 0) is 0 Å². The van der Waals surface area contributed by atoms with Gasteiger partial charge in [-0.2, -0.15) is 0 Å². The van der Waals surface area contributed by atoms with E-state index in [4.69, 9.17) is 12.2 Å². The molecule has 1 saturated heterocycles. The smallest absolute Gasteiger partial charge is 0.170 e. The van der Waals surface area contributed by atoms with Gasteiger partial charge in [0.2, 0.25) is 0 Å². The second-order valence-corrected chi connectivity index (χ2v) is 5.83. The molecule has 2 unspecified atom stereocenters. The molecule has 1 aliphatic heterocycles. The monoisotopic (exact) mass is 300 g/mol. The van der Waals surface area contributed by atoms with Gasteiger partial charge in [0, 0.05) is 24.1 Å². The Kier molecular flexibility index (Phi) is 3.68. The number of rotatable bonds is 3. The lowest BCUT2D eigenvalue weighted by molar-refractivity contribution is 0.330.